The lowest BCUT2D eigenvalue weighted by Gasteiger charge is -2.15. The first-order valence-corrected chi connectivity index (χ1v) is 6.96. The van der Waals surface area contributed by atoms with Gasteiger partial charge in [-0.25, -0.2) is 4.79 Å². The third-order valence-corrected chi connectivity index (χ3v) is 3.47. The Balaban J connectivity index is 2.01. The quantitative estimate of drug-likeness (QED) is 0.761. The van der Waals surface area contributed by atoms with E-state index in [9.17, 15) is 14.4 Å². The monoisotopic (exact) mass is 290 g/mol. The van der Waals surface area contributed by atoms with Crippen LogP contribution in [0.3, 0.4) is 0 Å². The van der Waals surface area contributed by atoms with Crippen LogP contribution in [0, 0.1) is 0 Å². The van der Waals surface area contributed by atoms with Gasteiger partial charge in [-0.1, -0.05) is 18.2 Å². The summed E-state index contributed by atoms with van der Waals surface area (Å²) in [5.74, 6) is -1.58. The molecule has 1 fully saturated rings. The van der Waals surface area contributed by atoms with Crippen molar-refractivity contribution in [1.29, 1.82) is 0 Å². The fourth-order valence-corrected chi connectivity index (χ4v) is 2.38. The van der Waals surface area contributed by atoms with Gasteiger partial charge in [-0.2, -0.15) is 0 Å². The maximum atomic E-state index is 12.0. The van der Waals surface area contributed by atoms with E-state index < -0.39 is 12.0 Å². The van der Waals surface area contributed by atoms with Crippen molar-refractivity contribution in [2.24, 2.45) is 0 Å². The van der Waals surface area contributed by atoms with Crippen LogP contribution >= 0.6 is 0 Å². The molecule has 1 aliphatic rings. The van der Waals surface area contributed by atoms with E-state index in [1.54, 1.807) is 18.2 Å². The van der Waals surface area contributed by atoms with Crippen LogP contribution in [-0.4, -0.2) is 35.5 Å². The normalized spacial score (nSPS) is 18.5. The van der Waals surface area contributed by atoms with Crippen molar-refractivity contribution in [3.05, 3.63) is 35.4 Å². The standard InChI is InChI=1S/C15H18N2O4/c18-13(17-12-7-3-4-8-16-14(12)19)9-10-5-1-2-6-11(10)15(20)21/h1-2,5-6,12H,3-4,7-9H2,(H,16,19)(H,17,18)(H,20,21)/t12-/m1/s1. The second-order valence-electron chi connectivity index (χ2n) is 5.05. The fourth-order valence-electron chi connectivity index (χ4n) is 2.38. The van der Waals surface area contributed by atoms with Crippen LogP contribution in [0.5, 0.6) is 0 Å². The molecule has 1 heterocycles. The smallest absolute Gasteiger partial charge is 0.335 e. The Labute approximate surface area is 122 Å². The van der Waals surface area contributed by atoms with Gasteiger partial charge in [0.1, 0.15) is 6.04 Å². The summed E-state index contributed by atoms with van der Waals surface area (Å²) in [4.78, 5) is 34.9. The van der Waals surface area contributed by atoms with Gasteiger partial charge in [-0.15, -0.1) is 0 Å². The number of carboxylic acid groups (broad SMARTS) is 1. The van der Waals surface area contributed by atoms with E-state index in [0.717, 1.165) is 12.8 Å². The summed E-state index contributed by atoms with van der Waals surface area (Å²) in [6.45, 7) is 0.632. The first-order chi connectivity index (χ1) is 10.1. The van der Waals surface area contributed by atoms with Crippen LogP contribution < -0.4 is 10.6 Å². The van der Waals surface area contributed by atoms with Gasteiger partial charge in [0.25, 0.3) is 0 Å². The first kappa shape index (κ1) is 15.0. The highest BCUT2D eigenvalue weighted by Gasteiger charge is 2.23. The SMILES string of the molecule is O=C(Cc1ccccc1C(=O)O)N[C@@H]1CCCCNC1=O. The van der Waals surface area contributed by atoms with Crippen molar-refractivity contribution in [3.63, 3.8) is 0 Å². The van der Waals surface area contributed by atoms with Crippen molar-refractivity contribution >= 4 is 17.8 Å². The first-order valence-electron chi connectivity index (χ1n) is 6.96. The molecule has 1 aromatic carbocycles. The molecule has 2 rings (SSSR count). The summed E-state index contributed by atoms with van der Waals surface area (Å²) in [6, 6.07) is 5.84. The number of amides is 2. The van der Waals surface area contributed by atoms with E-state index in [0.29, 0.717) is 18.5 Å². The summed E-state index contributed by atoms with van der Waals surface area (Å²) >= 11 is 0. The average Bonchev–Trinajstić information content (AvgIpc) is 2.64. The topological polar surface area (TPSA) is 95.5 Å². The predicted octanol–water partition coefficient (Wildman–Crippen LogP) is 0.712. The van der Waals surface area contributed by atoms with Gasteiger partial charge >= 0.3 is 5.97 Å². The molecule has 112 valence electrons. The zero-order valence-electron chi connectivity index (χ0n) is 11.6. The number of hydrogen-bond donors (Lipinski definition) is 3. The number of rotatable bonds is 4. The van der Waals surface area contributed by atoms with Gasteiger partial charge < -0.3 is 15.7 Å². The van der Waals surface area contributed by atoms with Crippen molar-refractivity contribution in [1.82, 2.24) is 10.6 Å². The van der Waals surface area contributed by atoms with Crippen LogP contribution in [-0.2, 0) is 16.0 Å². The molecule has 1 saturated heterocycles. The fraction of sp³-hybridized carbons (Fsp3) is 0.400. The van der Waals surface area contributed by atoms with Crippen LogP contribution in [0.25, 0.3) is 0 Å². The van der Waals surface area contributed by atoms with Crippen LogP contribution in [0.1, 0.15) is 35.2 Å². The Morgan fingerprint density at radius 2 is 2.05 bits per heavy atom. The van der Waals surface area contributed by atoms with Gasteiger partial charge in [0.05, 0.1) is 12.0 Å². The van der Waals surface area contributed by atoms with Gasteiger partial charge in [-0.05, 0) is 30.9 Å². The van der Waals surface area contributed by atoms with E-state index in [1.807, 2.05) is 0 Å². The Bertz CT molecular complexity index is 556. The van der Waals surface area contributed by atoms with Crippen molar-refractivity contribution < 1.29 is 19.5 Å². The summed E-state index contributed by atoms with van der Waals surface area (Å²) in [5, 5.41) is 14.5. The number of carbonyl (C=O) groups is 3. The van der Waals surface area contributed by atoms with Crippen molar-refractivity contribution in [2.75, 3.05) is 6.54 Å². The van der Waals surface area contributed by atoms with Crippen molar-refractivity contribution in [3.8, 4) is 0 Å². The Hall–Kier alpha value is -2.37. The summed E-state index contributed by atoms with van der Waals surface area (Å²) in [5.41, 5.74) is 0.550. The van der Waals surface area contributed by atoms with Gasteiger partial charge in [-0.3, -0.25) is 9.59 Å². The minimum absolute atomic E-state index is 0.0494. The Morgan fingerprint density at radius 1 is 1.29 bits per heavy atom. The maximum absolute atomic E-state index is 12.0. The molecule has 0 saturated carbocycles. The number of carbonyl (C=O) groups excluding carboxylic acids is 2. The number of aromatic carboxylic acids is 1. The molecule has 0 radical (unpaired) electrons. The van der Waals surface area contributed by atoms with Crippen LogP contribution in [0.2, 0.25) is 0 Å². The average molecular weight is 290 g/mol. The zero-order valence-corrected chi connectivity index (χ0v) is 11.6. The third-order valence-electron chi connectivity index (χ3n) is 3.47. The molecule has 0 spiro atoms. The molecular formula is C15H18N2O4. The molecule has 0 unspecified atom stereocenters. The molecule has 0 bridgehead atoms. The largest absolute Gasteiger partial charge is 0.478 e. The van der Waals surface area contributed by atoms with E-state index in [-0.39, 0.29) is 23.8 Å². The minimum atomic E-state index is -1.06. The number of hydrogen-bond acceptors (Lipinski definition) is 3. The van der Waals surface area contributed by atoms with Gasteiger partial charge in [0.15, 0.2) is 0 Å². The second-order valence-corrected chi connectivity index (χ2v) is 5.05. The lowest BCUT2D eigenvalue weighted by Crippen LogP contribution is -2.46. The van der Waals surface area contributed by atoms with Crippen LogP contribution in [0.4, 0.5) is 0 Å². The zero-order chi connectivity index (χ0) is 15.2. The highest BCUT2D eigenvalue weighted by Crippen LogP contribution is 2.11. The number of benzene rings is 1. The molecule has 0 aromatic heterocycles. The summed E-state index contributed by atoms with van der Waals surface area (Å²) in [6.07, 6.45) is 2.33. The third kappa shape index (κ3) is 4.05. The van der Waals surface area contributed by atoms with E-state index in [4.69, 9.17) is 5.11 Å². The Morgan fingerprint density at radius 3 is 2.81 bits per heavy atom. The lowest BCUT2D eigenvalue weighted by molar-refractivity contribution is -0.128. The van der Waals surface area contributed by atoms with Crippen LogP contribution in [0.15, 0.2) is 24.3 Å². The number of carboxylic acids is 1. The summed E-state index contributed by atoms with van der Waals surface area (Å²) in [7, 11) is 0. The molecule has 0 aliphatic carbocycles. The minimum Gasteiger partial charge on any atom is -0.478 e. The highest BCUT2D eigenvalue weighted by molar-refractivity contribution is 5.93. The molecule has 1 aliphatic heterocycles. The predicted molar refractivity (Wildman–Crippen MR) is 75.9 cm³/mol. The van der Waals surface area contributed by atoms with Gasteiger partial charge in [0.2, 0.25) is 11.8 Å². The maximum Gasteiger partial charge on any atom is 0.335 e. The lowest BCUT2D eigenvalue weighted by atomic mass is 10.0. The number of nitrogens with one attached hydrogen (secondary N) is 2. The molecule has 21 heavy (non-hydrogen) atoms. The van der Waals surface area contributed by atoms with Crippen molar-refractivity contribution in [2.45, 2.75) is 31.7 Å². The van der Waals surface area contributed by atoms with E-state index >= 15 is 0 Å². The molecular weight excluding hydrogens is 272 g/mol. The molecule has 3 N–H and O–H groups in total. The highest BCUT2D eigenvalue weighted by atomic mass is 16.4. The van der Waals surface area contributed by atoms with E-state index in [1.165, 1.54) is 6.07 Å². The molecule has 6 nitrogen and oxygen atoms in total. The van der Waals surface area contributed by atoms with Gasteiger partial charge in [0, 0.05) is 6.54 Å². The van der Waals surface area contributed by atoms with E-state index in [2.05, 4.69) is 10.6 Å². The second kappa shape index (κ2) is 6.88. The molecule has 1 atom stereocenters. The summed E-state index contributed by atoms with van der Waals surface area (Å²) < 4.78 is 0. The Kier molecular flexibility index (Phi) is 4.92. The molecule has 6 heteroatoms. The molecule has 2 amide bonds. The molecule has 1 aromatic rings.